The Bertz CT molecular complexity index is 634. The zero-order valence-corrected chi connectivity index (χ0v) is 10.5. The van der Waals surface area contributed by atoms with Crippen molar-refractivity contribution < 1.29 is 18.7 Å². The molecule has 2 aromatic carbocycles. The third-order valence-electron chi connectivity index (χ3n) is 2.78. The van der Waals surface area contributed by atoms with E-state index in [4.69, 9.17) is 4.74 Å². The van der Waals surface area contributed by atoms with Crippen LogP contribution in [0.25, 0.3) is 10.8 Å². The predicted molar refractivity (Wildman–Crippen MR) is 69.5 cm³/mol. The molecular weight excluding hydrogens is 247 g/mol. The number of halogens is 1. The summed E-state index contributed by atoms with van der Waals surface area (Å²) in [5.74, 6) is -1.32. The van der Waals surface area contributed by atoms with Crippen molar-refractivity contribution in [2.45, 2.75) is 13.3 Å². The van der Waals surface area contributed by atoms with Crippen LogP contribution >= 0.6 is 0 Å². The molecule has 0 aliphatic heterocycles. The lowest BCUT2D eigenvalue weighted by Gasteiger charge is -2.06. The normalized spacial score (nSPS) is 10.4. The summed E-state index contributed by atoms with van der Waals surface area (Å²) in [6, 6.07) is 9.33. The predicted octanol–water partition coefficient (Wildman–Crippen LogP) is 3.11. The fourth-order valence-corrected chi connectivity index (χ4v) is 1.94. The second-order valence-corrected chi connectivity index (χ2v) is 4.05. The Labute approximate surface area is 110 Å². The Hall–Kier alpha value is -2.23. The highest BCUT2D eigenvalue weighted by Crippen LogP contribution is 2.22. The van der Waals surface area contributed by atoms with Crippen molar-refractivity contribution in [2.24, 2.45) is 0 Å². The van der Waals surface area contributed by atoms with Gasteiger partial charge in [-0.2, -0.15) is 0 Å². The van der Waals surface area contributed by atoms with Crippen molar-refractivity contribution in [3.63, 3.8) is 0 Å². The van der Waals surface area contributed by atoms with Gasteiger partial charge in [-0.05, 0) is 24.4 Å². The molecule has 0 saturated carbocycles. The molecule has 0 unspecified atom stereocenters. The molecule has 19 heavy (non-hydrogen) atoms. The van der Waals surface area contributed by atoms with Gasteiger partial charge in [-0.1, -0.05) is 24.3 Å². The van der Waals surface area contributed by atoms with E-state index in [-0.39, 0.29) is 24.6 Å². The first kappa shape index (κ1) is 13.2. The highest BCUT2D eigenvalue weighted by atomic mass is 19.1. The van der Waals surface area contributed by atoms with Crippen LogP contribution in [0.15, 0.2) is 36.4 Å². The van der Waals surface area contributed by atoms with Crippen LogP contribution < -0.4 is 0 Å². The molecule has 0 bridgehead atoms. The Balaban J connectivity index is 2.38. The summed E-state index contributed by atoms with van der Waals surface area (Å²) in [5, 5.41) is 0.883. The van der Waals surface area contributed by atoms with Crippen LogP contribution in [0.4, 0.5) is 4.39 Å². The van der Waals surface area contributed by atoms with Gasteiger partial charge in [0.15, 0.2) is 5.78 Å². The molecule has 3 nitrogen and oxygen atoms in total. The van der Waals surface area contributed by atoms with Crippen LogP contribution in [0.1, 0.15) is 23.7 Å². The molecule has 4 heteroatoms. The average Bonchev–Trinajstić information content (AvgIpc) is 2.39. The van der Waals surface area contributed by atoms with Crippen molar-refractivity contribution in [3.05, 3.63) is 47.8 Å². The van der Waals surface area contributed by atoms with Crippen LogP contribution in [0.5, 0.6) is 0 Å². The van der Waals surface area contributed by atoms with Gasteiger partial charge in [0.2, 0.25) is 0 Å². The second kappa shape index (κ2) is 5.61. The number of ether oxygens (including phenoxy) is 1. The maximum Gasteiger partial charge on any atom is 0.313 e. The van der Waals surface area contributed by atoms with Crippen molar-refractivity contribution in [2.75, 3.05) is 6.61 Å². The number of esters is 1. The van der Waals surface area contributed by atoms with Gasteiger partial charge in [0.05, 0.1) is 6.61 Å². The summed E-state index contributed by atoms with van der Waals surface area (Å²) in [5.41, 5.74) is 0.338. The number of hydrogen-bond donors (Lipinski definition) is 0. The Morgan fingerprint density at radius 1 is 1.11 bits per heavy atom. The van der Waals surface area contributed by atoms with Crippen LogP contribution in [-0.4, -0.2) is 18.4 Å². The molecule has 0 aromatic heterocycles. The molecule has 0 radical (unpaired) electrons. The van der Waals surface area contributed by atoms with E-state index in [1.165, 1.54) is 12.1 Å². The Morgan fingerprint density at radius 3 is 2.47 bits per heavy atom. The summed E-state index contributed by atoms with van der Waals surface area (Å²) in [6.07, 6.45) is -0.330. The monoisotopic (exact) mass is 260 g/mol. The number of hydrogen-bond acceptors (Lipinski definition) is 3. The number of carbonyl (C=O) groups excluding carboxylic acids is 2. The van der Waals surface area contributed by atoms with E-state index in [0.29, 0.717) is 16.3 Å². The zero-order valence-electron chi connectivity index (χ0n) is 10.5. The fraction of sp³-hybridized carbons (Fsp3) is 0.200. The van der Waals surface area contributed by atoms with E-state index in [9.17, 15) is 14.0 Å². The average molecular weight is 260 g/mol. The smallest absolute Gasteiger partial charge is 0.313 e. The number of rotatable bonds is 4. The lowest BCUT2D eigenvalue weighted by Crippen LogP contribution is -2.11. The quantitative estimate of drug-likeness (QED) is 0.482. The molecule has 98 valence electrons. The third-order valence-corrected chi connectivity index (χ3v) is 2.78. The minimum absolute atomic E-state index is 0.232. The van der Waals surface area contributed by atoms with E-state index in [1.807, 2.05) is 0 Å². The van der Waals surface area contributed by atoms with E-state index in [0.717, 1.165) is 0 Å². The van der Waals surface area contributed by atoms with Gasteiger partial charge in [0.25, 0.3) is 0 Å². The molecule has 0 fully saturated rings. The summed E-state index contributed by atoms with van der Waals surface area (Å²) < 4.78 is 18.3. The van der Waals surface area contributed by atoms with Crippen LogP contribution in [0.2, 0.25) is 0 Å². The molecule has 2 rings (SSSR count). The molecule has 0 amide bonds. The number of benzene rings is 2. The molecule has 2 aromatic rings. The van der Waals surface area contributed by atoms with Crippen molar-refractivity contribution >= 4 is 22.5 Å². The van der Waals surface area contributed by atoms with E-state index < -0.39 is 5.97 Å². The van der Waals surface area contributed by atoms with Gasteiger partial charge in [-0.3, -0.25) is 9.59 Å². The van der Waals surface area contributed by atoms with E-state index in [1.54, 1.807) is 31.2 Å². The van der Waals surface area contributed by atoms with Crippen LogP contribution in [-0.2, 0) is 9.53 Å². The minimum atomic E-state index is -0.569. The van der Waals surface area contributed by atoms with Crippen molar-refractivity contribution in [1.82, 2.24) is 0 Å². The maximum atomic E-state index is 13.6. The first-order valence-corrected chi connectivity index (χ1v) is 5.99. The summed E-state index contributed by atoms with van der Waals surface area (Å²) >= 11 is 0. The van der Waals surface area contributed by atoms with Gasteiger partial charge in [-0.15, -0.1) is 0 Å². The molecule has 0 aliphatic carbocycles. The highest BCUT2D eigenvalue weighted by molar-refractivity contribution is 6.13. The van der Waals surface area contributed by atoms with Gasteiger partial charge in [0, 0.05) is 10.9 Å². The molecule has 0 N–H and O–H groups in total. The molecular formula is C15H13FO3. The van der Waals surface area contributed by atoms with Crippen molar-refractivity contribution in [3.8, 4) is 0 Å². The van der Waals surface area contributed by atoms with Gasteiger partial charge < -0.3 is 4.74 Å². The number of fused-ring (bicyclic) bond motifs is 1. The van der Waals surface area contributed by atoms with Crippen LogP contribution in [0, 0.1) is 5.82 Å². The molecule has 0 heterocycles. The first-order valence-electron chi connectivity index (χ1n) is 5.99. The standard InChI is InChI=1S/C15H13FO3/c1-2-19-15(18)9-14(17)12-7-8-13(16)11-6-4-3-5-10(11)12/h3-8H,2,9H2,1H3. The molecule has 0 aliphatic rings. The lowest BCUT2D eigenvalue weighted by molar-refractivity contribution is -0.141. The van der Waals surface area contributed by atoms with Gasteiger partial charge in [-0.25, -0.2) is 4.39 Å². The maximum absolute atomic E-state index is 13.6. The molecule has 0 atom stereocenters. The second-order valence-electron chi connectivity index (χ2n) is 4.05. The molecule has 0 saturated heterocycles. The number of carbonyl (C=O) groups is 2. The first-order chi connectivity index (χ1) is 9.13. The number of ketones is 1. The summed E-state index contributed by atoms with van der Waals surface area (Å²) in [6.45, 7) is 1.91. The zero-order chi connectivity index (χ0) is 13.8. The van der Waals surface area contributed by atoms with Crippen molar-refractivity contribution in [1.29, 1.82) is 0 Å². The highest BCUT2D eigenvalue weighted by Gasteiger charge is 2.16. The fourth-order valence-electron chi connectivity index (χ4n) is 1.94. The van der Waals surface area contributed by atoms with Gasteiger partial charge >= 0.3 is 5.97 Å². The lowest BCUT2D eigenvalue weighted by atomic mass is 9.99. The summed E-state index contributed by atoms with van der Waals surface area (Å²) in [4.78, 5) is 23.3. The Morgan fingerprint density at radius 2 is 1.79 bits per heavy atom. The van der Waals surface area contributed by atoms with Crippen LogP contribution in [0.3, 0.4) is 0 Å². The SMILES string of the molecule is CCOC(=O)CC(=O)c1ccc(F)c2ccccc12. The largest absolute Gasteiger partial charge is 0.466 e. The number of Topliss-reactive ketones (excluding diaryl/α,β-unsaturated/α-hetero) is 1. The third kappa shape index (κ3) is 2.78. The van der Waals surface area contributed by atoms with Gasteiger partial charge in [0.1, 0.15) is 12.2 Å². The topological polar surface area (TPSA) is 43.4 Å². The molecule has 0 spiro atoms. The van der Waals surface area contributed by atoms with E-state index in [2.05, 4.69) is 0 Å². The Kier molecular flexibility index (Phi) is 3.90. The van der Waals surface area contributed by atoms with E-state index >= 15 is 0 Å². The summed E-state index contributed by atoms with van der Waals surface area (Å²) in [7, 11) is 0. The minimum Gasteiger partial charge on any atom is -0.466 e.